The van der Waals surface area contributed by atoms with Gasteiger partial charge in [0, 0.05) is 16.0 Å². The molecule has 1 N–H and O–H groups in total. The van der Waals surface area contributed by atoms with Crippen LogP contribution in [0.1, 0.15) is 30.0 Å². The maximum atomic E-state index is 9.14. The summed E-state index contributed by atoms with van der Waals surface area (Å²) in [7, 11) is 0. The van der Waals surface area contributed by atoms with Crippen molar-refractivity contribution in [1.29, 1.82) is 5.26 Å². The number of aromatic nitrogens is 1. The summed E-state index contributed by atoms with van der Waals surface area (Å²) in [6, 6.07) is 8.01. The van der Waals surface area contributed by atoms with E-state index in [1.165, 1.54) is 0 Å². The van der Waals surface area contributed by atoms with Crippen LogP contribution >= 0.6 is 27.3 Å². The lowest BCUT2D eigenvalue weighted by atomic mass is 10.1. The number of nitriles is 1. The molecular weight excluding hydrogens is 310 g/mol. The molecule has 0 aliphatic heterocycles. The van der Waals surface area contributed by atoms with E-state index in [1.54, 1.807) is 17.5 Å². The number of benzene rings is 1. The molecule has 2 aromatic rings. The second-order valence-electron chi connectivity index (χ2n) is 3.78. The van der Waals surface area contributed by atoms with Crippen LogP contribution in [0.25, 0.3) is 0 Å². The summed E-state index contributed by atoms with van der Waals surface area (Å²) in [4.78, 5) is 4.32. The Morgan fingerprint density at radius 3 is 3.00 bits per heavy atom. The molecule has 2 rings (SSSR count). The first-order chi connectivity index (χ1) is 8.74. The quantitative estimate of drug-likeness (QED) is 0.911. The Balaban J connectivity index is 2.25. The Bertz CT molecular complexity index is 560. The van der Waals surface area contributed by atoms with E-state index in [1.807, 2.05) is 23.6 Å². The summed E-state index contributed by atoms with van der Waals surface area (Å²) < 4.78 is 0.909. The van der Waals surface area contributed by atoms with Crippen LogP contribution in [-0.4, -0.2) is 4.98 Å². The van der Waals surface area contributed by atoms with Gasteiger partial charge in [-0.05, 0) is 24.6 Å². The van der Waals surface area contributed by atoms with Gasteiger partial charge in [0.05, 0.1) is 17.3 Å². The predicted molar refractivity (Wildman–Crippen MR) is 77.6 cm³/mol. The van der Waals surface area contributed by atoms with Crippen molar-refractivity contribution in [2.75, 3.05) is 5.32 Å². The maximum Gasteiger partial charge on any atom is 0.115 e. The van der Waals surface area contributed by atoms with Gasteiger partial charge in [0.1, 0.15) is 11.1 Å². The van der Waals surface area contributed by atoms with Crippen LogP contribution in [-0.2, 0) is 0 Å². The summed E-state index contributed by atoms with van der Waals surface area (Å²) in [5.74, 6) is 0. The molecule has 0 radical (unpaired) electrons. The first kappa shape index (κ1) is 13.1. The Labute approximate surface area is 119 Å². The van der Waals surface area contributed by atoms with Crippen molar-refractivity contribution in [3.05, 3.63) is 44.8 Å². The fourth-order valence-electron chi connectivity index (χ4n) is 1.67. The van der Waals surface area contributed by atoms with Crippen molar-refractivity contribution in [1.82, 2.24) is 4.98 Å². The Morgan fingerprint density at radius 1 is 1.56 bits per heavy atom. The van der Waals surface area contributed by atoms with Crippen LogP contribution in [0.3, 0.4) is 0 Å². The highest BCUT2D eigenvalue weighted by Crippen LogP contribution is 2.27. The Hall–Kier alpha value is -1.38. The van der Waals surface area contributed by atoms with Crippen molar-refractivity contribution < 1.29 is 0 Å². The third-order valence-electron chi connectivity index (χ3n) is 2.59. The third kappa shape index (κ3) is 2.89. The monoisotopic (exact) mass is 321 g/mol. The van der Waals surface area contributed by atoms with Crippen molar-refractivity contribution >= 4 is 33.0 Å². The van der Waals surface area contributed by atoms with E-state index in [9.17, 15) is 0 Å². The number of anilines is 1. The summed E-state index contributed by atoms with van der Waals surface area (Å²) in [6.07, 6.45) is 2.73. The average Bonchev–Trinajstić information content (AvgIpc) is 2.91. The zero-order valence-electron chi connectivity index (χ0n) is 9.85. The number of hydrogen-bond acceptors (Lipinski definition) is 4. The number of rotatable bonds is 4. The lowest BCUT2D eigenvalue weighted by Gasteiger charge is -2.16. The second kappa shape index (κ2) is 5.98. The van der Waals surface area contributed by atoms with Gasteiger partial charge in [0.25, 0.3) is 0 Å². The zero-order chi connectivity index (χ0) is 13.0. The summed E-state index contributed by atoms with van der Waals surface area (Å²) in [5, 5.41) is 15.5. The van der Waals surface area contributed by atoms with E-state index in [-0.39, 0.29) is 6.04 Å². The predicted octanol–water partition coefficient (Wildman–Crippen LogP) is 4.34. The maximum absolute atomic E-state index is 9.14. The lowest BCUT2D eigenvalue weighted by Crippen LogP contribution is -2.10. The van der Waals surface area contributed by atoms with Gasteiger partial charge in [-0.2, -0.15) is 5.26 Å². The number of hydrogen-bond donors (Lipinski definition) is 1. The normalized spacial score (nSPS) is 11.8. The fourth-order valence-corrected chi connectivity index (χ4v) is 2.80. The van der Waals surface area contributed by atoms with Gasteiger partial charge in [-0.3, -0.25) is 0 Å². The molecule has 1 atom stereocenters. The molecule has 1 aromatic carbocycles. The molecule has 0 fully saturated rings. The average molecular weight is 322 g/mol. The number of nitrogens with zero attached hydrogens (tertiary/aromatic N) is 2. The van der Waals surface area contributed by atoms with E-state index in [4.69, 9.17) is 5.26 Å². The highest BCUT2D eigenvalue weighted by atomic mass is 79.9. The molecule has 0 aliphatic carbocycles. The molecule has 0 bridgehead atoms. The highest BCUT2D eigenvalue weighted by molar-refractivity contribution is 9.10. The number of halogens is 1. The summed E-state index contributed by atoms with van der Waals surface area (Å²) >= 11 is 5.00. The molecule has 1 aromatic heterocycles. The van der Waals surface area contributed by atoms with E-state index in [0.717, 1.165) is 21.6 Å². The van der Waals surface area contributed by atoms with Crippen LogP contribution < -0.4 is 5.32 Å². The summed E-state index contributed by atoms with van der Waals surface area (Å²) in [6.45, 7) is 2.10. The third-order valence-corrected chi connectivity index (χ3v) is 3.97. The smallest absolute Gasteiger partial charge is 0.115 e. The summed E-state index contributed by atoms with van der Waals surface area (Å²) in [5.41, 5.74) is 1.49. The largest absolute Gasteiger partial charge is 0.375 e. The van der Waals surface area contributed by atoms with Gasteiger partial charge in [-0.1, -0.05) is 22.9 Å². The number of nitrogens with one attached hydrogen (secondary N) is 1. The molecule has 3 nitrogen and oxygen atoms in total. The van der Waals surface area contributed by atoms with Crippen molar-refractivity contribution in [3.63, 3.8) is 0 Å². The Morgan fingerprint density at radius 2 is 2.39 bits per heavy atom. The first-order valence-electron chi connectivity index (χ1n) is 5.60. The molecule has 0 saturated carbocycles. The first-order valence-corrected chi connectivity index (χ1v) is 7.27. The topological polar surface area (TPSA) is 48.7 Å². The van der Waals surface area contributed by atoms with E-state index < -0.39 is 0 Å². The molecule has 1 heterocycles. The van der Waals surface area contributed by atoms with Gasteiger partial charge < -0.3 is 5.32 Å². The minimum absolute atomic E-state index is 0.151. The second-order valence-corrected chi connectivity index (χ2v) is 5.62. The van der Waals surface area contributed by atoms with Crippen LogP contribution in [0, 0.1) is 11.3 Å². The van der Waals surface area contributed by atoms with Crippen LogP contribution in [0.15, 0.2) is 34.2 Å². The SMILES string of the molecule is CCC(Nc1ccc(Br)cc1C#N)c1nccs1. The standard InChI is InChI=1S/C13H12BrN3S/c1-2-11(13-16-5-6-18-13)17-12-4-3-10(14)7-9(12)8-15/h3-7,11,17H,2H2,1H3. The lowest BCUT2D eigenvalue weighted by molar-refractivity contribution is 0.742. The van der Waals surface area contributed by atoms with Gasteiger partial charge >= 0.3 is 0 Å². The van der Waals surface area contributed by atoms with Gasteiger partial charge in [-0.15, -0.1) is 11.3 Å². The molecular formula is C13H12BrN3S. The van der Waals surface area contributed by atoms with Crippen LogP contribution in [0.2, 0.25) is 0 Å². The minimum atomic E-state index is 0.151. The van der Waals surface area contributed by atoms with Crippen molar-refractivity contribution in [2.45, 2.75) is 19.4 Å². The van der Waals surface area contributed by atoms with E-state index in [0.29, 0.717) is 5.56 Å². The van der Waals surface area contributed by atoms with Gasteiger partial charge in [-0.25, -0.2) is 4.98 Å². The van der Waals surface area contributed by atoms with Crippen molar-refractivity contribution in [2.24, 2.45) is 0 Å². The fraction of sp³-hybridized carbons (Fsp3) is 0.231. The zero-order valence-corrected chi connectivity index (χ0v) is 12.3. The molecule has 0 amide bonds. The van der Waals surface area contributed by atoms with Crippen LogP contribution in [0.5, 0.6) is 0 Å². The van der Waals surface area contributed by atoms with E-state index >= 15 is 0 Å². The minimum Gasteiger partial charge on any atom is -0.375 e. The molecule has 0 spiro atoms. The molecule has 0 saturated heterocycles. The molecule has 1 unspecified atom stereocenters. The van der Waals surface area contributed by atoms with E-state index in [2.05, 4.69) is 39.2 Å². The molecule has 0 aliphatic rings. The van der Waals surface area contributed by atoms with Gasteiger partial charge in [0.2, 0.25) is 0 Å². The van der Waals surface area contributed by atoms with Gasteiger partial charge in [0.15, 0.2) is 0 Å². The number of thiazole rings is 1. The molecule has 5 heteroatoms. The van der Waals surface area contributed by atoms with Crippen LogP contribution in [0.4, 0.5) is 5.69 Å². The van der Waals surface area contributed by atoms with Crippen molar-refractivity contribution in [3.8, 4) is 6.07 Å². The highest BCUT2D eigenvalue weighted by Gasteiger charge is 2.13. The molecule has 18 heavy (non-hydrogen) atoms. The molecule has 92 valence electrons. The Kier molecular flexibility index (Phi) is 4.34.